The third-order valence-corrected chi connectivity index (χ3v) is 3.39. The van der Waals surface area contributed by atoms with Gasteiger partial charge in [0.15, 0.2) is 0 Å². The molecule has 0 aromatic carbocycles. The van der Waals surface area contributed by atoms with E-state index in [0.717, 1.165) is 26.1 Å². The van der Waals surface area contributed by atoms with E-state index in [1.54, 1.807) is 18.5 Å². The highest BCUT2D eigenvalue weighted by Gasteiger charge is 2.25. The number of rotatable bonds is 1. The Bertz CT molecular complexity index is 435. The normalized spacial score (nSPS) is 21.7. The first-order valence-electron chi connectivity index (χ1n) is 6.28. The Morgan fingerprint density at radius 1 is 1.50 bits per heavy atom. The summed E-state index contributed by atoms with van der Waals surface area (Å²) in [6.45, 7) is 4.77. The maximum Gasteiger partial charge on any atom is 0.257 e. The molecule has 0 aliphatic carbocycles. The number of aromatic nitrogens is 1. The lowest BCUT2D eigenvalue weighted by Gasteiger charge is -2.28. The number of nitrogen functional groups attached to an aromatic ring is 1. The molecule has 1 aromatic rings. The molecule has 1 saturated heterocycles. The topological polar surface area (TPSA) is 62.5 Å². The lowest BCUT2D eigenvalue weighted by atomic mass is 10.1. The molecule has 0 bridgehead atoms. The molecule has 2 rings (SSSR count). The van der Waals surface area contributed by atoms with Crippen molar-refractivity contribution in [3.05, 3.63) is 24.0 Å². The summed E-state index contributed by atoms with van der Waals surface area (Å²) in [5.41, 5.74) is 6.85. The SMILES string of the molecule is CC1CN(C)CCCN1C(=O)c1cnccc1N. The average molecular weight is 248 g/mol. The molecule has 1 aliphatic rings. The number of anilines is 1. The third kappa shape index (κ3) is 2.61. The lowest BCUT2D eigenvalue weighted by molar-refractivity contribution is 0.0697. The smallest absolute Gasteiger partial charge is 0.257 e. The van der Waals surface area contributed by atoms with Gasteiger partial charge in [-0.05, 0) is 33.0 Å². The highest BCUT2D eigenvalue weighted by atomic mass is 16.2. The van der Waals surface area contributed by atoms with Gasteiger partial charge >= 0.3 is 0 Å². The van der Waals surface area contributed by atoms with E-state index >= 15 is 0 Å². The summed E-state index contributed by atoms with van der Waals surface area (Å²) in [6.07, 6.45) is 4.15. The van der Waals surface area contributed by atoms with Gasteiger partial charge in [-0.1, -0.05) is 0 Å². The molecule has 5 heteroatoms. The predicted molar refractivity (Wildman–Crippen MR) is 71.3 cm³/mol. The van der Waals surface area contributed by atoms with Gasteiger partial charge in [0.05, 0.1) is 5.56 Å². The molecule has 1 amide bonds. The number of likely N-dealkylation sites (N-methyl/N-ethyl adjacent to an activating group) is 1. The van der Waals surface area contributed by atoms with E-state index in [1.807, 2.05) is 4.90 Å². The van der Waals surface area contributed by atoms with Gasteiger partial charge < -0.3 is 15.5 Å². The Hall–Kier alpha value is -1.62. The van der Waals surface area contributed by atoms with Crippen molar-refractivity contribution in [2.24, 2.45) is 0 Å². The fourth-order valence-electron chi connectivity index (χ4n) is 2.41. The molecule has 1 unspecified atom stereocenters. The largest absolute Gasteiger partial charge is 0.398 e. The first kappa shape index (κ1) is 12.8. The molecule has 1 fully saturated rings. The fraction of sp³-hybridized carbons (Fsp3) is 0.538. The molecule has 1 atom stereocenters. The van der Waals surface area contributed by atoms with E-state index in [2.05, 4.69) is 23.9 Å². The van der Waals surface area contributed by atoms with Gasteiger partial charge in [-0.2, -0.15) is 0 Å². The molecular formula is C13H20N4O. The van der Waals surface area contributed by atoms with Crippen molar-refractivity contribution in [3.8, 4) is 0 Å². The fourth-order valence-corrected chi connectivity index (χ4v) is 2.41. The van der Waals surface area contributed by atoms with E-state index in [9.17, 15) is 4.79 Å². The van der Waals surface area contributed by atoms with Gasteiger partial charge in [0, 0.05) is 37.2 Å². The zero-order chi connectivity index (χ0) is 13.1. The summed E-state index contributed by atoms with van der Waals surface area (Å²) in [7, 11) is 2.09. The summed E-state index contributed by atoms with van der Waals surface area (Å²) in [5, 5.41) is 0. The average Bonchev–Trinajstić information content (AvgIpc) is 2.50. The predicted octanol–water partition coefficient (Wildman–Crippen LogP) is 0.830. The van der Waals surface area contributed by atoms with Gasteiger partial charge in [0.25, 0.3) is 5.91 Å². The van der Waals surface area contributed by atoms with E-state index in [-0.39, 0.29) is 11.9 Å². The Morgan fingerprint density at radius 2 is 2.28 bits per heavy atom. The number of hydrogen-bond donors (Lipinski definition) is 1. The lowest BCUT2D eigenvalue weighted by Crippen LogP contribution is -2.42. The molecule has 2 heterocycles. The van der Waals surface area contributed by atoms with Crippen LogP contribution in [0.5, 0.6) is 0 Å². The zero-order valence-corrected chi connectivity index (χ0v) is 11.0. The second-order valence-corrected chi connectivity index (χ2v) is 4.93. The van der Waals surface area contributed by atoms with E-state index < -0.39 is 0 Å². The molecule has 98 valence electrons. The van der Waals surface area contributed by atoms with Crippen LogP contribution >= 0.6 is 0 Å². The molecule has 0 radical (unpaired) electrons. The first-order chi connectivity index (χ1) is 8.59. The van der Waals surface area contributed by atoms with Crippen molar-refractivity contribution >= 4 is 11.6 Å². The minimum atomic E-state index is -0.0107. The van der Waals surface area contributed by atoms with Gasteiger partial charge in [-0.3, -0.25) is 9.78 Å². The molecule has 5 nitrogen and oxygen atoms in total. The summed E-state index contributed by atoms with van der Waals surface area (Å²) in [5.74, 6) is -0.0107. The molecule has 0 spiro atoms. The van der Waals surface area contributed by atoms with Crippen LogP contribution in [0.3, 0.4) is 0 Å². The standard InChI is InChI=1S/C13H20N4O/c1-10-9-16(2)6-3-7-17(10)13(18)11-8-15-5-4-12(11)14/h4-5,8,10H,3,6-7,9H2,1-2H3,(H2,14,15). The molecule has 18 heavy (non-hydrogen) atoms. The van der Waals surface area contributed by atoms with Crippen LogP contribution in [0.4, 0.5) is 5.69 Å². The van der Waals surface area contributed by atoms with E-state index in [1.165, 1.54) is 0 Å². The van der Waals surface area contributed by atoms with Crippen LogP contribution in [-0.4, -0.2) is 53.4 Å². The Morgan fingerprint density at radius 3 is 3.00 bits per heavy atom. The Labute approximate surface area is 108 Å². The van der Waals surface area contributed by atoms with Gasteiger partial charge in [0.2, 0.25) is 0 Å². The van der Waals surface area contributed by atoms with Crippen LogP contribution < -0.4 is 5.73 Å². The molecule has 2 N–H and O–H groups in total. The zero-order valence-electron chi connectivity index (χ0n) is 11.0. The van der Waals surface area contributed by atoms with Crippen LogP contribution in [-0.2, 0) is 0 Å². The molecule has 1 aliphatic heterocycles. The van der Waals surface area contributed by atoms with Gasteiger partial charge in [-0.25, -0.2) is 0 Å². The highest BCUT2D eigenvalue weighted by molar-refractivity contribution is 5.98. The van der Waals surface area contributed by atoms with Crippen LogP contribution in [0.15, 0.2) is 18.5 Å². The van der Waals surface area contributed by atoms with Crippen molar-refractivity contribution in [2.75, 3.05) is 32.4 Å². The van der Waals surface area contributed by atoms with Gasteiger partial charge in [-0.15, -0.1) is 0 Å². The number of amides is 1. The maximum atomic E-state index is 12.5. The van der Waals surface area contributed by atoms with Crippen molar-refractivity contribution in [2.45, 2.75) is 19.4 Å². The van der Waals surface area contributed by atoms with Crippen molar-refractivity contribution < 1.29 is 4.79 Å². The highest BCUT2D eigenvalue weighted by Crippen LogP contribution is 2.16. The van der Waals surface area contributed by atoms with E-state index in [4.69, 9.17) is 5.73 Å². The van der Waals surface area contributed by atoms with Crippen molar-refractivity contribution in [3.63, 3.8) is 0 Å². The summed E-state index contributed by atoms with van der Waals surface area (Å²) < 4.78 is 0. The van der Waals surface area contributed by atoms with E-state index in [0.29, 0.717) is 11.3 Å². The third-order valence-electron chi connectivity index (χ3n) is 3.39. The minimum Gasteiger partial charge on any atom is -0.398 e. The number of nitrogens with zero attached hydrogens (tertiary/aromatic N) is 3. The first-order valence-corrected chi connectivity index (χ1v) is 6.28. The second-order valence-electron chi connectivity index (χ2n) is 4.93. The van der Waals surface area contributed by atoms with Crippen LogP contribution in [0.1, 0.15) is 23.7 Å². The van der Waals surface area contributed by atoms with Crippen LogP contribution in [0, 0.1) is 0 Å². The molecule has 1 aromatic heterocycles. The van der Waals surface area contributed by atoms with Crippen LogP contribution in [0.2, 0.25) is 0 Å². The summed E-state index contributed by atoms with van der Waals surface area (Å²) in [6, 6.07) is 1.87. The Balaban J connectivity index is 2.20. The number of carbonyl (C=O) groups is 1. The number of pyridine rings is 1. The number of nitrogens with two attached hydrogens (primary N) is 1. The summed E-state index contributed by atoms with van der Waals surface area (Å²) in [4.78, 5) is 20.6. The maximum absolute atomic E-state index is 12.5. The summed E-state index contributed by atoms with van der Waals surface area (Å²) >= 11 is 0. The monoisotopic (exact) mass is 248 g/mol. The second kappa shape index (κ2) is 5.35. The Kier molecular flexibility index (Phi) is 3.81. The quantitative estimate of drug-likeness (QED) is 0.799. The molecular weight excluding hydrogens is 228 g/mol. The van der Waals surface area contributed by atoms with Crippen molar-refractivity contribution in [1.82, 2.24) is 14.8 Å². The van der Waals surface area contributed by atoms with Crippen LogP contribution in [0.25, 0.3) is 0 Å². The number of hydrogen-bond acceptors (Lipinski definition) is 4. The minimum absolute atomic E-state index is 0.0107. The number of carbonyl (C=O) groups excluding carboxylic acids is 1. The molecule has 0 saturated carbocycles. The van der Waals surface area contributed by atoms with Gasteiger partial charge in [0.1, 0.15) is 0 Å². The van der Waals surface area contributed by atoms with Crippen molar-refractivity contribution in [1.29, 1.82) is 0 Å².